The van der Waals surface area contributed by atoms with E-state index in [0.29, 0.717) is 0 Å². The third kappa shape index (κ3) is 2.35. The summed E-state index contributed by atoms with van der Waals surface area (Å²) in [5, 5.41) is 0. The highest BCUT2D eigenvalue weighted by atomic mass is 16.5. The fourth-order valence-corrected chi connectivity index (χ4v) is 1.93. The van der Waals surface area contributed by atoms with Crippen LogP contribution in [0.1, 0.15) is 30.9 Å². The van der Waals surface area contributed by atoms with E-state index < -0.39 is 0 Å². The van der Waals surface area contributed by atoms with Crippen molar-refractivity contribution in [1.29, 1.82) is 0 Å². The monoisotopic (exact) mass is 214 g/mol. The second-order valence-corrected chi connectivity index (χ2v) is 4.13. The van der Waals surface area contributed by atoms with Gasteiger partial charge in [-0.2, -0.15) is 0 Å². The topological polar surface area (TPSA) is 9.23 Å². The van der Waals surface area contributed by atoms with Crippen molar-refractivity contribution in [3.8, 4) is 5.75 Å². The molecule has 1 aromatic carbocycles. The Kier molecular flexibility index (Phi) is 3.45. The van der Waals surface area contributed by atoms with Crippen LogP contribution in [0.5, 0.6) is 5.75 Å². The highest BCUT2D eigenvalue weighted by Gasteiger charge is 2.17. The summed E-state index contributed by atoms with van der Waals surface area (Å²) in [5.41, 5.74) is 2.54. The Hall–Kier alpha value is -1.50. The highest BCUT2D eigenvalue weighted by Crippen LogP contribution is 2.33. The maximum Gasteiger partial charge on any atom is 0.133 e. The number of aryl methyl sites for hydroxylation is 1. The quantitative estimate of drug-likeness (QED) is 0.686. The van der Waals surface area contributed by atoms with Crippen LogP contribution in [0.4, 0.5) is 0 Å². The molecule has 0 amide bonds. The number of ether oxygens (including phenoxy) is 1. The van der Waals surface area contributed by atoms with Crippen LogP contribution >= 0.6 is 0 Å². The SMILES string of the molecule is CC/C=C\C/C=C1\Cc2cccc(C)c2O1. The maximum absolute atomic E-state index is 5.85. The summed E-state index contributed by atoms with van der Waals surface area (Å²) in [5.74, 6) is 2.15. The van der Waals surface area contributed by atoms with Gasteiger partial charge in [0.2, 0.25) is 0 Å². The zero-order valence-electron chi connectivity index (χ0n) is 9.99. The van der Waals surface area contributed by atoms with E-state index in [1.807, 2.05) is 0 Å². The average Bonchev–Trinajstić information content (AvgIpc) is 2.69. The molecule has 1 nitrogen and oxygen atoms in total. The standard InChI is InChI=1S/C15H18O/c1-3-4-5-6-10-14-11-13-9-7-8-12(2)15(13)16-14/h4-5,7-10H,3,6,11H2,1-2H3/b5-4-,14-10+. The van der Waals surface area contributed by atoms with E-state index in [0.717, 1.165) is 30.8 Å². The van der Waals surface area contributed by atoms with Gasteiger partial charge in [-0.1, -0.05) is 37.3 Å². The average molecular weight is 214 g/mol. The van der Waals surface area contributed by atoms with E-state index in [9.17, 15) is 0 Å². The molecule has 0 atom stereocenters. The molecule has 0 fully saturated rings. The van der Waals surface area contributed by atoms with Crippen LogP contribution in [0.2, 0.25) is 0 Å². The Morgan fingerprint density at radius 2 is 2.19 bits per heavy atom. The maximum atomic E-state index is 5.85. The van der Waals surface area contributed by atoms with E-state index in [4.69, 9.17) is 4.74 Å². The lowest BCUT2D eigenvalue weighted by Gasteiger charge is -2.02. The highest BCUT2D eigenvalue weighted by molar-refractivity contribution is 5.47. The van der Waals surface area contributed by atoms with Crippen molar-refractivity contribution in [3.05, 3.63) is 53.3 Å². The van der Waals surface area contributed by atoms with Crippen molar-refractivity contribution < 1.29 is 4.74 Å². The van der Waals surface area contributed by atoms with Gasteiger partial charge < -0.3 is 4.74 Å². The smallest absolute Gasteiger partial charge is 0.133 e. The van der Waals surface area contributed by atoms with Gasteiger partial charge in [-0.25, -0.2) is 0 Å². The van der Waals surface area contributed by atoms with Crippen LogP contribution in [-0.4, -0.2) is 0 Å². The molecular formula is C15H18O. The third-order valence-electron chi connectivity index (χ3n) is 2.78. The predicted octanol–water partition coefficient (Wildman–Crippen LogP) is 4.17. The minimum Gasteiger partial charge on any atom is -0.461 e. The Morgan fingerprint density at radius 3 is 2.94 bits per heavy atom. The molecule has 2 rings (SSSR count). The Bertz CT molecular complexity index is 427. The van der Waals surface area contributed by atoms with Gasteiger partial charge in [-0.05, 0) is 31.4 Å². The molecule has 0 aliphatic carbocycles. The Morgan fingerprint density at radius 1 is 1.31 bits per heavy atom. The van der Waals surface area contributed by atoms with E-state index in [1.165, 1.54) is 11.1 Å². The zero-order chi connectivity index (χ0) is 11.4. The molecule has 1 aromatic rings. The number of hydrogen-bond donors (Lipinski definition) is 0. The molecular weight excluding hydrogens is 196 g/mol. The van der Waals surface area contributed by atoms with Crippen molar-refractivity contribution in [2.75, 3.05) is 0 Å². The van der Waals surface area contributed by atoms with Crippen molar-refractivity contribution >= 4 is 0 Å². The number of allylic oxidation sites excluding steroid dienone is 4. The summed E-state index contributed by atoms with van der Waals surface area (Å²) in [6.07, 6.45) is 9.55. The molecule has 1 heteroatoms. The van der Waals surface area contributed by atoms with Crippen LogP contribution in [0, 0.1) is 6.92 Å². The van der Waals surface area contributed by atoms with E-state index in [1.54, 1.807) is 0 Å². The molecule has 0 unspecified atom stereocenters. The molecule has 0 bridgehead atoms. The molecule has 1 aliphatic rings. The van der Waals surface area contributed by atoms with E-state index >= 15 is 0 Å². The summed E-state index contributed by atoms with van der Waals surface area (Å²) in [7, 11) is 0. The molecule has 1 heterocycles. The number of hydrogen-bond acceptors (Lipinski definition) is 1. The fraction of sp³-hybridized carbons (Fsp3) is 0.333. The predicted molar refractivity (Wildman–Crippen MR) is 67.6 cm³/mol. The summed E-state index contributed by atoms with van der Waals surface area (Å²) in [6.45, 7) is 4.24. The van der Waals surface area contributed by atoms with Crippen molar-refractivity contribution in [2.24, 2.45) is 0 Å². The number of fused-ring (bicyclic) bond motifs is 1. The molecule has 0 spiro atoms. The second kappa shape index (κ2) is 5.02. The van der Waals surface area contributed by atoms with Crippen molar-refractivity contribution in [2.45, 2.75) is 33.1 Å². The number of para-hydroxylation sites is 1. The molecule has 16 heavy (non-hydrogen) atoms. The molecule has 1 aliphatic heterocycles. The number of benzene rings is 1. The van der Waals surface area contributed by atoms with E-state index in [-0.39, 0.29) is 0 Å². The van der Waals surface area contributed by atoms with E-state index in [2.05, 4.69) is 50.3 Å². The Balaban J connectivity index is 2.05. The first-order valence-electron chi connectivity index (χ1n) is 5.91. The van der Waals surface area contributed by atoms with Gasteiger partial charge in [0.05, 0.1) is 0 Å². The minimum atomic E-state index is 0.941. The first-order chi connectivity index (χ1) is 7.81. The second-order valence-electron chi connectivity index (χ2n) is 4.13. The molecule has 0 N–H and O–H groups in total. The lowest BCUT2D eigenvalue weighted by atomic mass is 10.1. The normalized spacial score (nSPS) is 16.8. The first-order valence-corrected chi connectivity index (χ1v) is 5.91. The van der Waals surface area contributed by atoms with Gasteiger partial charge in [0.15, 0.2) is 0 Å². The van der Waals surface area contributed by atoms with Crippen molar-refractivity contribution in [3.63, 3.8) is 0 Å². The molecule has 0 saturated carbocycles. The molecule has 0 saturated heterocycles. The molecule has 0 aromatic heterocycles. The number of rotatable bonds is 3. The van der Waals surface area contributed by atoms with Gasteiger partial charge in [-0.3, -0.25) is 0 Å². The summed E-state index contributed by atoms with van der Waals surface area (Å²) in [4.78, 5) is 0. The zero-order valence-corrected chi connectivity index (χ0v) is 9.99. The van der Waals surface area contributed by atoms with Crippen LogP contribution in [-0.2, 0) is 6.42 Å². The summed E-state index contributed by atoms with van der Waals surface area (Å²) >= 11 is 0. The van der Waals surface area contributed by atoms with Crippen molar-refractivity contribution in [1.82, 2.24) is 0 Å². The van der Waals surface area contributed by atoms with Gasteiger partial charge in [0.1, 0.15) is 11.5 Å². The third-order valence-corrected chi connectivity index (χ3v) is 2.78. The van der Waals surface area contributed by atoms with Crippen LogP contribution < -0.4 is 4.74 Å². The molecule has 0 radical (unpaired) electrons. The lowest BCUT2D eigenvalue weighted by molar-refractivity contribution is 0.441. The van der Waals surface area contributed by atoms with Crippen LogP contribution in [0.25, 0.3) is 0 Å². The summed E-state index contributed by atoms with van der Waals surface area (Å²) < 4.78 is 5.85. The van der Waals surface area contributed by atoms with Gasteiger partial charge in [-0.15, -0.1) is 0 Å². The van der Waals surface area contributed by atoms with Gasteiger partial charge in [0, 0.05) is 12.0 Å². The van der Waals surface area contributed by atoms with Gasteiger partial charge in [0.25, 0.3) is 0 Å². The van der Waals surface area contributed by atoms with Gasteiger partial charge >= 0.3 is 0 Å². The fourth-order valence-electron chi connectivity index (χ4n) is 1.93. The summed E-state index contributed by atoms with van der Waals surface area (Å²) in [6, 6.07) is 6.33. The van der Waals surface area contributed by atoms with Crippen LogP contribution in [0.3, 0.4) is 0 Å². The first kappa shape index (κ1) is 11.0. The molecule has 84 valence electrons. The lowest BCUT2D eigenvalue weighted by Crippen LogP contribution is -1.87. The van der Waals surface area contributed by atoms with Crippen LogP contribution in [0.15, 0.2) is 42.2 Å². The Labute approximate surface area is 97.4 Å². The largest absolute Gasteiger partial charge is 0.461 e. The minimum absolute atomic E-state index is 0.941.